The summed E-state index contributed by atoms with van der Waals surface area (Å²) < 4.78 is 0. The highest BCUT2D eigenvalue weighted by Gasteiger charge is 2.09. The number of carbonyl (C=O) groups is 1. The first-order valence-corrected chi connectivity index (χ1v) is 6.68. The highest BCUT2D eigenvalue weighted by Crippen LogP contribution is 2.15. The van der Waals surface area contributed by atoms with Crippen LogP contribution in [-0.2, 0) is 0 Å². The minimum absolute atomic E-state index is 0.0210. The van der Waals surface area contributed by atoms with Gasteiger partial charge in [0.15, 0.2) is 0 Å². The number of hydrogen-bond acceptors (Lipinski definition) is 2. The largest absolute Gasteiger partial charge is 0.388 e. The molecule has 3 heteroatoms. The number of nitrogens with one attached hydrogen (secondary N) is 2. The molecule has 0 radical (unpaired) electrons. The number of benzene rings is 1. The van der Waals surface area contributed by atoms with Crippen molar-refractivity contribution >= 4 is 11.6 Å². The van der Waals surface area contributed by atoms with Gasteiger partial charge in [0.05, 0.1) is 0 Å². The molecule has 0 fully saturated rings. The summed E-state index contributed by atoms with van der Waals surface area (Å²) >= 11 is 0. The summed E-state index contributed by atoms with van der Waals surface area (Å²) in [6.07, 6.45) is 2.21. The maximum Gasteiger partial charge on any atom is 0.251 e. The van der Waals surface area contributed by atoms with Gasteiger partial charge in [0, 0.05) is 24.8 Å². The molecule has 0 unspecified atom stereocenters. The van der Waals surface area contributed by atoms with E-state index in [0.717, 1.165) is 36.2 Å². The van der Waals surface area contributed by atoms with Crippen molar-refractivity contribution in [1.29, 1.82) is 0 Å². The molecule has 0 atom stereocenters. The van der Waals surface area contributed by atoms with Crippen molar-refractivity contribution in [2.75, 3.05) is 18.9 Å². The number of carbonyl (C=O) groups excluding carboxylic acids is 1. The van der Waals surface area contributed by atoms with Gasteiger partial charge in [-0.25, -0.2) is 0 Å². The summed E-state index contributed by atoms with van der Waals surface area (Å²) in [5.41, 5.74) is 2.89. The normalized spacial score (nSPS) is 10.5. The standard InChI is InChI=1S/C15H24N2O/c1-5-12(6-2)10-17-15(18)13-7-8-14(16-4)11(3)9-13/h7-9,12,16H,5-6,10H2,1-4H3,(H,17,18). The molecule has 0 spiro atoms. The van der Waals surface area contributed by atoms with Crippen LogP contribution >= 0.6 is 0 Å². The van der Waals surface area contributed by atoms with Crippen LogP contribution in [0.1, 0.15) is 42.6 Å². The van der Waals surface area contributed by atoms with E-state index in [0.29, 0.717) is 5.92 Å². The van der Waals surface area contributed by atoms with Gasteiger partial charge in [-0.15, -0.1) is 0 Å². The number of rotatable bonds is 6. The molecule has 18 heavy (non-hydrogen) atoms. The first-order valence-electron chi connectivity index (χ1n) is 6.68. The van der Waals surface area contributed by atoms with E-state index in [1.54, 1.807) is 0 Å². The molecule has 2 N–H and O–H groups in total. The Morgan fingerprint density at radius 3 is 2.44 bits per heavy atom. The third kappa shape index (κ3) is 3.76. The van der Waals surface area contributed by atoms with E-state index in [1.165, 1.54) is 0 Å². The minimum Gasteiger partial charge on any atom is -0.388 e. The van der Waals surface area contributed by atoms with Crippen LogP contribution in [0.4, 0.5) is 5.69 Å². The molecular formula is C15H24N2O. The molecule has 0 bridgehead atoms. The van der Waals surface area contributed by atoms with Crippen LogP contribution in [0.5, 0.6) is 0 Å². The lowest BCUT2D eigenvalue weighted by atomic mass is 10.0. The average molecular weight is 248 g/mol. The van der Waals surface area contributed by atoms with Gasteiger partial charge in [0.2, 0.25) is 0 Å². The van der Waals surface area contributed by atoms with Gasteiger partial charge in [-0.1, -0.05) is 26.7 Å². The van der Waals surface area contributed by atoms with E-state index in [9.17, 15) is 4.79 Å². The van der Waals surface area contributed by atoms with E-state index in [4.69, 9.17) is 0 Å². The zero-order chi connectivity index (χ0) is 13.5. The van der Waals surface area contributed by atoms with Crippen molar-refractivity contribution in [3.63, 3.8) is 0 Å². The average Bonchev–Trinajstić information content (AvgIpc) is 2.39. The Kier molecular flexibility index (Phi) is 5.69. The van der Waals surface area contributed by atoms with Crippen LogP contribution in [0.3, 0.4) is 0 Å². The second kappa shape index (κ2) is 7.04. The fourth-order valence-corrected chi connectivity index (χ4v) is 2.00. The van der Waals surface area contributed by atoms with E-state index in [2.05, 4.69) is 24.5 Å². The minimum atomic E-state index is 0.0210. The van der Waals surface area contributed by atoms with Crippen molar-refractivity contribution in [3.8, 4) is 0 Å². The number of amides is 1. The topological polar surface area (TPSA) is 41.1 Å². The molecule has 0 heterocycles. The monoisotopic (exact) mass is 248 g/mol. The summed E-state index contributed by atoms with van der Waals surface area (Å²) in [6.45, 7) is 7.08. The molecule has 0 saturated heterocycles. The van der Waals surface area contributed by atoms with Gasteiger partial charge in [-0.3, -0.25) is 4.79 Å². The van der Waals surface area contributed by atoms with Crippen LogP contribution in [0.15, 0.2) is 18.2 Å². The summed E-state index contributed by atoms with van der Waals surface area (Å²) in [5, 5.41) is 6.10. The Labute approximate surface area is 110 Å². The lowest BCUT2D eigenvalue weighted by molar-refractivity contribution is 0.0946. The van der Waals surface area contributed by atoms with Gasteiger partial charge in [0.25, 0.3) is 5.91 Å². The molecule has 0 aliphatic heterocycles. The highest BCUT2D eigenvalue weighted by molar-refractivity contribution is 5.94. The third-order valence-electron chi connectivity index (χ3n) is 3.46. The Balaban J connectivity index is 2.64. The van der Waals surface area contributed by atoms with Gasteiger partial charge in [-0.2, -0.15) is 0 Å². The van der Waals surface area contributed by atoms with E-state index >= 15 is 0 Å². The second-order valence-corrected chi connectivity index (χ2v) is 4.67. The highest BCUT2D eigenvalue weighted by atomic mass is 16.1. The summed E-state index contributed by atoms with van der Waals surface area (Å²) in [5.74, 6) is 0.597. The maximum absolute atomic E-state index is 12.0. The Morgan fingerprint density at radius 1 is 1.28 bits per heavy atom. The molecule has 1 amide bonds. The zero-order valence-electron chi connectivity index (χ0n) is 11.8. The third-order valence-corrected chi connectivity index (χ3v) is 3.46. The molecule has 3 nitrogen and oxygen atoms in total. The molecule has 100 valence electrons. The molecule has 0 aliphatic carbocycles. The molecule has 1 rings (SSSR count). The predicted molar refractivity (Wildman–Crippen MR) is 77.1 cm³/mol. The summed E-state index contributed by atoms with van der Waals surface area (Å²) in [4.78, 5) is 12.0. The number of aryl methyl sites for hydroxylation is 1. The molecule has 1 aromatic carbocycles. The van der Waals surface area contributed by atoms with Crippen molar-refractivity contribution < 1.29 is 4.79 Å². The Bertz CT molecular complexity index is 397. The molecule has 0 aromatic heterocycles. The molecule has 0 saturated carbocycles. The smallest absolute Gasteiger partial charge is 0.251 e. The zero-order valence-corrected chi connectivity index (χ0v) is 11.8. The lowest BCUT2D eigenvalue weighted by Gasteiger charge is -2.14. The van der Waals surface area contributed by atoms with Gasteiger partial charge >= 0.3 is 0 Å². The Morgan fingerprint density at radius 2 is 1.94 bits per heavy atom. The quantitative estimate of drug-likeness (QED) is 0.811. The second-order valence-electron chi connectivity index (χ2n) is 4.67. The molecule has 0 aliphatic rings. The van der Waals surface area contributed by atoms with Gasteiger partial charge in [-0.05, 0) is 36.6 Å². The van der Waals surface area contributed by atoms with Crippen LogP contribution in [0.25, 0.3) is 0 Å². The van der Waals surface area contributed by atoms with E-state index < -0.39 is 0 Å². The van der Waals surface area contributed by atoms with Crippen molar-refractivity contribution in [2.45, 2.75) is 33.6 Å². The maximum atomic E-state index is 12.0. The Hall–Kier alpha value is -1.51. The van der Waals surface area contributed by atoms with Crippen LogP contribution in [0.2, 0.25) is 0 Å². The molecular weight excluding hydrogens is 224 g/mol. The van der Waals surface area contributed by atoms with Crippen LogP contribution in [0, 0.1) is 12.8 Å². The first-order chi connectivity index (χ1) is 8.62. The van der Waals surface area contributed by atoms with E-state index in [-0.39, 0.29) is 5.91 Å². The van der Waals surface area contributed by atoms with Gasteiger partial charge in [0.1, 0.15) is 0 Å². The number of hydrogen-bond donors (Lipinski definition) is 2. The predicted octanol–water partition coefficient (Wildman–Crippen LogP) is 3.20. The first kappa shape index (κ1) is 14.6. The van der Waals surface area contributed by atoms with Crippen LogP contribution in [-0.4, -0.2) is 19.5 Å². The summed E-state index contributed by atoms with van der Waals surface area (Å²) in [6, 6.07) is 5.73. The fourth-order valence-electron chi connectivity index (χ4n) is 2.00. The molecule has 1 aromatic rings. The number of anilines is 1. The summed E-state index contributed by atoms with van der Waals surface area (Å²) in [7, 11) is 1.88. The van der Waals surface area contributed by atoms with E-state index in [1.807, 2.05) is 32.2 Å². The van der Waals surface area contributed by atoms with Crippen molar-refractivity contribution in [3.05, 3.63) is 29.3 Å². The van der Waals surface area contributed by atoms with Crippen molar-refractivity contribution in [2.24, 2.45) is 5.92 Å². The van der Waals surface area contributed by atoms with Crippen molar-refractivity contribution in [1.82, 2.24) is 5.32 Å². The lowest BCUT2D eigenvalue weighted by Crippen LogP contribution is -2.28. The van der Waals surface area contributed by atoms with Gasteiger partial charge < -0.3 is 10.6 Å². The van der Waals surface area contributed by atoms with Crippen LogP contribution < -0.4 is 10.6 Å². The SMILES string of the molecule is CCC(CC)CNC(=O)c1ccc(NC)c(C)c1. The fraction of sp³-hybridized carbons (Fsp3) is 0.533.